The van der Waals surface area contributed by atoms with Crippen molar-refractivity contribution in [1.82, 2.24) is 0 Å². The summed E-state index contributed by atoms with van der Waals surface area (Å²) in [5.74, 6) is 0.571. The molecule has 132 valence electrons. The molecule has 0 atom stereocenters. The first-order valence-electron chi connectivity index (χ1n) is 8.41. The molecule has 0 saturated carbocycles. The zero-order valence-electron chi connectivity index (χ0n) is 15.8. The highest BCUT2D eigenvalue weighted by Crippen LogP contribution is 2.38. The largest absolute Gasteiger partial charge is 0.544 e. The summed E-state index contributed by atoms with van der Waals surface area (Å²) in [5, 5.41) is 0.146. The number of carbonyl (C=O) groups excluding carboxylic acids is 1. The van der Waals surface area contributed by atoms with Gasteiger partial charge in [0.2, 0.25) is 8.32 Å². The van der Waals surface area contributed by atoms with Crippen LogP contribution in [0.4, 0.5) is 0 Å². The van der Waals surface area contributed by atoms with E-state index in [1.807, 2.05) is 43.4 Å². The Labute approximate surface area is 147 Å². The van der Waals surface area contributed by atoms with Crippen LogP contribution in [0.5, 0.6) is 0 Å². The standard InChI is InChI=1S/C20H30O3Si/c1-7-12-18(23-24(5,6)20(2,3)4)15-11-16-22-19(21)17-13-9-8-10-14-17/h7-10,12-15H,11,16H2,1-6H3/b12-7+,18-15-. The first-order valence-corrected chi connectivity index (χ1v) is 11.3. The molecule has 0 aromatic heterocycles. The van der Waals surface area contributed by atoms with Crippen LogP contribution in [0.3, 0.4) is 0 Å². The number of carbonyl (C=O) groups is 1. The maximum Gasteiger partial charge on any atom is 0.338 e. The van der Waals surface area contributed by atoms with Gasteiger partial charge >= 0.3 is 5.97 Å². The number of hydrogen-bond acceptors (Lipinski definition) is 3. The molecule has 0 spiro atoms. The second kappa shape index (κ2) is 8.88. The maximum atomic E-state index is 11.9. The van der Waals surface area contributed by atoms with Crippen LogP contribution in [0.25, 0.3) is 0 Å². The van der Waals surface area contributed by atoms with E-state index in [-0.39, 0.29) is 11.0 Å². The van der Waals surface area contributed by atoms with Crippen molar-refractivity contribution in [2.45, 2.75) is 52.2 Å². The predicted molar refractivity (Wildman–Crippen MR) is 103 cm³/mol. The van der Waals surface area contributed by atoms with Gasteiger partial charge in [-0.05, 0) is 49.3 Å². The molecule has 1 aromatic carbocycles. The molecule has 0 fully saturated rings. The molecule has 3 nitrogen and oxygen atoms in total. The second-order valence-corrected chi connectivity index (χ2v) is 12.0. The van der Waals surface area contributed by atoms with E-state index >= 15 is 0 Å². The Morgan fingerprint density at radius 3 is 2.33 bits per heavy atom. The third kappa shape index (κ3) is 6.36. The Kier molecular flexibility index (Phi) is 7.48. The molecule has 0 amide bonds. The molecular formula is C20H30O3Si. The van der Waals surface area contributed by atoms with Gasteiger partial charge in [-0.15, -0.1) is 0 Å². The van der Waals surface area contributed by atoms with Crippen LogP contribution in [0, 0.1) is 0 Å². The SMILES string of the molecule is C/C=C/C(=C/CCOC(=O)c1ccccc1)O[Si](C)(C)C(C)(C)C. The number of esters is 1. The lowest BCUT2D eigenvalue weighted by molar-refractivity contribution is 0.0511. The molecule has 0 bridgehead atoms. The van der Waals surface area contributed by atoms with E-state index in [0.717, 1.165) is 5.76 Å². The van der Waals surface area contributed by atoms with Gasteiger partial charge in [-0.3, -0.25) is 0 Å². The van der Waals surface area contributed by atoms with Crippen molar-refractivity contribution in [1.29, 1.82) is 0 Å². The van der Waals surface area contributed by atoms with E-state index in [2.05, 4.69) is 33.9 Å². The molecule has 1 rings (SSSR count). The van der Waals surface area contributed by atoms with Crippen molar-refractivity contribution in [3.8, 4) is 0 Å². The third-order valence-electron chi connectivity index (χ3n) is 4.22. The fraction of sp³-hybridized carbons (Fsp3) is 0.450. The smallest absolute Gasteiger partial charge is 0.338 e. The maximum absolute atomic E-state index is 11.9. The van der Waals surface area contributed by atoms with Gasteiger partial charge in [0.25, 0.3) is 0 Å². The van der Waals surface area contributed by atoms with Crippen LogP contribution in [0.1, 0.15) is 44.5 Å². The predicted octanol–water partition coefficient (Wildman–Crippen LogP) is 5.72. The van der Waals surface area contributed by atoms with Crippen LogP contribution in [-0.4, -0.2) is 20.9 Å². The van der Waals surface area contributed by atoms with E-state index in [4.69, 9.17) is 9.16 Å². The highest BCUT2D eigenvalue weighted by Gasteiger charge is 2.39. The van der Waals surface area contributed by atoms with Crippen molar-refractivity contribution >= 4 is 14.3 Å². The summed E-state index contributed by atoms with van der Waals surface area (Å²) < 4.78 is 11.6. The lowest BCUT2D eigenvalue weighted by Gasteiger charge is -2.36. The summed E-state index contributed by atoms with van der Waals surface area (Å²) in [6.07, 6.45) is 6.57. The van der Waals surface area contributed by atoms with Gasteiger partial charge in [0.05, 0.1) is 17.9 Å². The van der Waals surface area contributed by atoms with Gasteiger partial charge < -0.3 is 9.16 Å². The molecule has 4 heteroatoms. The van der Waals surface area contributed by atoms with Gasteiger partial charge in [0.15, 0.2) is 0 Å². The number of hydrogen-bond donors (Lipinski definition) is 0. The highest BCUT2D eigenvalue weighted by molar-refractivity contribution is 6.74. The van der Waals surface area contributed by atoms with E-state index in [1.165, 1.54) is 0 Å². The molecule has 0 N–H and O–H groups in total. The summed E-state index contributed by atoms with van der Waals surface area (Å²) in [4.78, 5) is 11.9. The summed E-state index contributed by atoms with van der Waals surface area (Å²) in [6.45, 7) is 13.4. The molecule has 24 heavy (non-hydrogen) atoms. The van der Waals surface area contributed by atoms with Crippen LogP contribution >= 0.6 is 0 Å². The average molecular weight is 347 g/mol. The Bertz CT molecular complexity index is 581. The summed E-state index contributed by atoms with van der Waals surface area (Å²) >= 11 is 0. The number of rotatable bonds is 7. The topological polar surface area (TPSA) is 35.5 Å². The lowest BCUT2D eigenvalue weighted by atomic mass is 10.2. The molecule has 0 aliphatic rings. The van der Waals surface area contributed by atoms with Crippen molar-refractivity contribution in [3.05, 3.63) is 59.9 Å². The molecule has 1 aromatic rings. The zero-order chi connectivity index (χ0) is 18.2. The fourth-order valence-corrected chi connectivity index (χ4v) is 2.81. The number of ether oxygens (including phenoxy) is 1. The zero-order valence-corrected chi connectivity index (χ0v) is 16.8. The lowest BCUT2D eigenvalue weighted by Crippen LogP contribution is -2.40. The average Bonchev–Trinajstić information content (AvgIpc) is 2.51. The molecule has 0 unspecified atom stereocenters. The molecule has 0 radical (unpaired) electrons. The molecule has 0 aliphatic carbocycles. The van der Waals surface area contributed by atoms with Gasteiger partial charge in [0, 0.05) is 6.42 Å². The van der Waals surface area contributed by atoms with Gasteiger partial charge in [-0.2, -0.15) is 0 Å². The minimum Gasteiger partial charge on any atom is -0.544 e. The van der Waals surface area contributed by atoms with E-state index in [9.17, 15) is 4.79 Å². The van der Waals surface area contributed by atoms with Gasteiger partial charge in [0.1, 0.15) is 0 Å². The second-order valence-electron chi connectivity index (χ2n) is 7.26. The van der Waals surface area contributed by atoms with Crippen LogP contribution < -0.4 is 0 Å². The molecule has 0 heterocycles. The van der Waals surface area contributed by atoms with Crippen molar-refractivity contribution in [2.75, 3.05) is 6.61 Å². The van der Waals surface area contributed by atoms with Gasteiger partial charge in [-0.1, -0.05) is 45.0 Å². The Morgan fingerprint density at radius 1 is 1.17 bits per heavy atom. The van der Waals surface area contributed by atoms with Crippen molar-refractivity contribution in [3.63, 3.8) is 0 Å². The van der Waals surface area contributed by atoms with Crippen LogP contribution in [0.2, 0.25) is 18.1 Å². The Balaban J connectivity index is 2.60. The fourth-order valence-electron chi connectivity index (χ4n) is 1.77. The third-order valence-corrected chi connectivity index (χ3v) is 8.57. The highest BCUT2D eigenvalue weighted by atomic mass is 28.4. The van der Waals surface area contributed by atoms with Crippen LogP contribution in [-0.2, 0) is 9.16 Å². The van der Waals surface area contributed by atoms with E-state index in [1.54, 1.807) is 12.1 Å². The Morgan fingerprint density at radius 2 is 1.79 bits per heavy atom. The van der Waals surface area contributed by atoms with Crippen molar-refractivity contribution in [2.24, 2.45) is 0 Å². The summed E-state index contributed by atoms with van der Waals surface area (Å²) in [5.41, 5.74) is 0.577. The summed E-state index contributed by atoms with van der Waals surface area (Å²) in [6, 6.07) is 9.04. The minimum absolute atomic E-state index is 0.146. The minimum atomic E-state index is -1.87. The van der Waals surface area contributed by atoms with Gasteiger partial charge in [-0.25, -0.2) is 4.79 Å². The van der Waals surface area contributed by atoms with Crippen molar-refractivity contribution < 1.29 is 14.0 Å². The number of allylic oxidation sites excluding steroid dienone is 2. The first-order chi connectivity index (χ1) is 11.2. The van der Waals surface area contributed by atoms with E-state index < -0.39 is 8.32 Å². The van der Waals surface area contributed by atoms with Crippen LogP contribution in [0.15, 0.2) is 54.3 Å². The summed E-state index contributed by atoms with van der Waals surface area (Å²) in [7, 11) is -1.87. The first kappa shape index (κ1) is 20.2. The quantitative estimate of drug-likeness (QED) is 0.208. The van der Waals surface area contributed by atoms with E-state index in [0.29, 0.717) is 18.6 Å². The molecule has 0 aliphatic heterocycles. The Hall–Kier alpha value is -1.81. The normalized spacial score (nSPS) is 13.2. The number of benzene rings is 1. The monoisotopic (exact) mass is 346 g/mol. The molecular weight excluding hydrogens is 316 g/mol. The molecule has 0 saturated heterocycles.